The van der Waals surface area contributed by atoms with E-state index in [1.165, 1.54) is 0 Å². The molecule has 6 heteroatoms. The first-order valence-electron chi connectivity index (χ1n) is 9.24. The molecule has 0 saturated carbocycles. The molecule has 0 aromatic heterocycles. The minimum atomic E-state index is -0.425. The van der Waals surface area contributed by atoms with Gasteiger partial charge in [-0.25, -0.2) is 0 Å². The maximum Gasteiger partial charge on any atom is 0.253 e. The SMILES string of the molecule is O=C(CC(NC(=O)c1ccccc1Cl)c1ccccc1)N[C@H]1CCCNC1. The molecule has 3 rings (SSSR count). The van der Waals surface area contributed by atoms with E-state index in [2.05, 4.69) is 16.0 Å². The molecular weight excluding hydrogens is 362 g/mol. The van der Waals surface area contributed by atoms with E-state index in [1.54, 1.807) is 24.3 Å². The largest absolute Gasteiger partial charge is 0.352 e. The van der Waals surface area contributed by atoms with Gasteiger partial charge in [-0.3, -0.25) is 9.59 Å². The van der Waals surface area contributed by atoms with Crippen molar-refractivity contribution in [2.24, 2.45) is 0 Å². The predicted molar refractivity (Wildman–Crippen MR) is 107 cm³/mol. The van der Waals surface area contributed by atoms with E-state index in [4.69, 9.17) is 11.6 Å². The number of carbonyl (C=O) groups is 2. The van der Waals surface area contributed by atoms with Crippen molar-refractivity contribution in [3.05, 3.63) is 70.7 Å². The Labute approximate surface area is 164 Å². The van der Waals surface area contributed by atoms with E-state index < -0.39 is 6.04 Å². The van der Waals surface area contributed by atoms with Crippen molar-refractivity contribution in [2.45, 2.75) is 31.3 Å². The first-order chi connectivity index (χ1) is 13.1. The molecule has 1 aliphatic rings. The maximum atomic E-state index is 12.7. The molecule has 3 N–H and O–H groups in total. The Kier molecular flexibility index (Phi) is 6.85. The number of piperidine rings is 1. The van der Waals surface area contributed by atoms with Gasteiger partial charge in [-0.05, 0) is 37.1 Å². The molecular formula is C21H24ClN3O2. The molecule has 1 aliphatic heterocycles. The summed E-state index contributed by atoms with van der Waals surface area (Å²) in [6, 6.07) is 16.1. The summed E-state index contributed by atoms with van der Waals surface area (Å²) in [5.41, 5.74) is 1.28. The molecule has 5 nitrogen and oxygen atoms in total. The Hall–Kier alpha value is -2.37. The van der Waals surface area contributed by atoms with Crippen LogP contribution in [0.15, 0.2) is 54.6 Å². The van der Waals surface area contributed by atoms with Crippen molar-refractivity contribution < 1.29 is 9.59 Å². The standard InChI is InChI=1S/C21H24ClN3O2/c22-18-11-5-4-10-17(18)21(27)25-19(15-7-2-1-3-8-15)13-20(26)24-16-9-6-12-23-14-16/h1-5,7-8,10-11,16,19,23H,6,9,12-14H2,(H,24,26)(H,25,27)/t16-,19?/m0/s1. The topological polar surface area (TPSA) is 70.2 Å². The van der Waals surface area contributed by atoms with Gasteiger partial charge in [0.05, 0.1) is 23.0 Å². The van der Waals surface area contributed by atoms with Crippen LogP contribution in [-0.4, -0.2) is 30.9 Å². The zero-order chi connectivity index (χ0) is 19.1. The summed E-state index contributed by atoms with van der Waals surface area (Å²) >= 11 is 6.14. The lowest BCUT2D eigenvalue weighted by molar-refractivity contribution is -0.122. The highest BCUT2D eigenvalue weighted by molar-refractivity contribution is 6.33. The lowest BCUT2D eigenvalue weighted by Crippen LogP contribution is -2.46. The van der Waals surface area contributed by atoms with Crippen molar-refractivity contribution in [3.63, 3.8) is 0 Å². The summed E-state index contributed by atoms with van der Waals surface area (Å²) in [6.07, 6.45) is 2.20. The molecule has 2 aromatic carbocycles. The van der Waals surface area contributed by atoms with Gasteiger partial charge in [0.15, 0.2) is 0 Å². The number of carbonyl (C=O) groups excluding carboxylic acids is 2. The van der Waals surface area contributed by atoms with Crippen LogP contribution in [0.2, 0.25) is 5.02 Å². The van der Waals surface area contributed by atoms with Gasteiger partial charge in [-0.1, -0.05) is 54.1 Å². The number of nitrogens with one attached hydrogen (secondary N) is 3. The average molecular weight is 386 g/mol. The third-order valence-electron chi connectivity index (χ3n) is 4.68. The van der Waals surface area contributed by atoms with Crippen molar-refractivity contribution in [1.29, 1.82) is 0 Å². The van der Waals surface area contributed by atoms with Crippen molar-refractivity contribution in [1.82, 2.24) is 16.0 Å². The second-order valence-electron chi connectivity index (χ2n) is 6.73. The Balaban J connectivity index is 1.70. The normalized spacial score (nSPS) is 17.7. The molecule has 1 saturated heterocycles. The lowest BCUT2D eigenvalue weighted by Gasteiger charge is -2.25. The molecule has 142 valence electrons. The molecule has 27 heavy (non-hydrogen) atoms. The van der Waals surface area contributed by atoms with E-state index in [0.717, 1.165) is 31.5 Å². The van der Waals surface area contributed by atoms with Crippen LogP contribution in [0.1, 0.15) is 41.2 Å². The average Bonchev–Trinajstić information content (AvgIpc) is 2.69. The van der Waals surface area contributed by atoms with Crippen LogP contribution in [0.5, 0.6) is 0 Å². The number of hydrogen-bond acceptors (Lipinski definition) is 3. The molecule has 0 bridgehead atoms. The Morgan fingerprint density at radius 2 is 1.85 bits per heavy atom. The Morgan fingerprint density at radius 3 is 2.56 bits per heavy atom. The van der Waals surface area contributed by atoms with Crippen LogP contribution < -0.4 is 16.0 Å². The van der Waals surface area contributed by atoms with E-state index >= 15 is 0 Å². The molecule has 2 amide bonds. The number of amides is 2. The fraction of sp³-hybridized carbons (Fsp3) is 0.333. The fourth-order valence-electron chi connectivity index (χ4n) is 3.27. The number of rotatable bonds is 6. The van der Waals surface area contributed by atoms with Crippen LogP contribution >= 0.6 is 11.6 Å². The quantitative estimate of drug-likeness (QED) is 0.715. The molecule has 1 heterocycles. The molecule has 2 aromatic rings. The van der Waals surface area contributed by atoms with Crippen LogP contribution in [0.25, 0.3) is 0 Å². The van der Waals surface area contributed by atoms with Gasteiger partial charge in [0.25, 0.3) is 5.91 Å². The fourth-order valence-corrected chi connectivity index (χ4v) is 3.49. The summed E-state index contributed by atoms with van der Waals surface area (Å²) in [5.74, 6) is -0.362. The molecule has 1 fully saturated rings. The summed E-state index contributed by atoms with van der Waals surface area (Å²) in [5, 5.41) is 9.70. The molecule has 0 radical (unpaired) electrons. The second-order valence-corrected chi connectivity index (χ2v) is 7.14. The molecule has 0 aliphatic carbocycles. The van der Waals surface area contributed by atoms with Gasteiger partial charge in [0, 0.05) is 12.6 Å². The van der Waals surface area contributed by atoms with Crippen molar-refractivity contribution in [3.8, 4) is 0 Å². The first kappa shape index (κ1) is 19.4. The van der Waals surface area contributed by atoms with E-state index in [0.29, 0.717) is 10.6 Å². The van der Waals surface area contributed by atoms with Crippen molar-refractivity contribution >= 4 is 23.4 Å². The molecule has 0 spiro atoms. The maximum absolute atomic E-state index is 12.7. The van der Waals surface area contributed by atoms with Crippen molar-refractivity contribution in [2.75, 3.05) is 13.1 Å². The zero-order valence-corrected chi connectivity index (χ0v) is 15.8. The Bertz CT molecular complexity index is 776. The predicted octanol–water partition coefficient (Wildman–Crippen LogP) is 3.07. The smallest absolute Gasteiger partial charge is 0.253 e. The summed E-state index contributed by atoms with van der Waals surface area (Å²) < 4.78 is 0. The van der Waals surface area contributed by atoms with Gasteiger partial charge < -0.3 is 16.0 Å². The molecule has 2 atom stereocenters. The number of halogens is 1. The van der Waals surface area contributed by atoms with Crippen LogP contribution in [-0.2, 0) is 4.79 Å². The monoisotopic (exact) mass is 385 g/mol. The lowest BCUT2D eigenvalue weighted by atomic mass is 10.0. The third-order valence-corrected chi connectivity index (χ3v) is 5.01. The zero-order valence-electron chi connectivity index (χ0n) is 15.1. The highest BCUT2D eigenvalue weighted by atomic mass is 35.5. The van der Waals surface area contributed by atoms with Crippen LogP contribution in [0.4, 0.5) is 0 Å². The number of benzene rings is 2. The summed E-state index contributed by atoms with van der Waals surface area (Å²) in [4.78, 5) is 25.2. The number of hydrogen-bond donors (Lipinski definition) is 3. The van der Waals surface area contributed by atoms with E-state index in [9.17, 15) is 9.59 Å². The van der Waals surface area contributed by atoms with Gasteiger partial charge >= 0.3 is 0 Å². The highest BCUT2D eigenvalue weighted by Gasteiger charge is 2.22. The van der Waals surface area contributed by atoms with Gasteiger partial charge in [0.1, 0.15) is 0 Å². The minimum Gasteiger partial charge on any atom is -0.352 e. The van der Waals surface area contributed by atoms with Gasteiger partial charge in [0.2, 0.25) is 5.91 Å². The van der Waals surface area contributed by atoms with Gasteiger partial charge in [-0.2, -0.15) is 0 Å². The second kappa shape index (κ2) is 9.53. The van der Waals surface area contributed by atoms with Crippen LogP contribution in [0, 0.1) is 0 Å². The third kappa shape index (κ3) is 5.55. The summed E-state index contributed by atoms with van der Waals surface area (Å²) in [7, 11) is 0. The first-order valence-corrected chi connectivity index (χ1v) is 9.61. The minimum absolute atomic E-state index is 0.0722. The van der Waals surface area contributed by atoms with Gasteiger partial charge in [-0.15, -0.1) is 0 Å². The van der Waals surface area contributed by atoms with Crippen LogP contribution in [0.3, 0.4) is 0 Å². The Morgan fingerprint density at radius 1 is 1.11 bits per heavy atom. The summed E-state index contributed by atoms with van der Waals surface area (Å²) in [6.45, 7) is 1.78. The van der Waals surface area contributed by atoms with E-state index in [1.807, 2.05) is 30.3 Å². The molecule has 1 unspecified atom stereocenters. The van der Waals surface area contributed by atoms with E-state index in [-0.39, 0.29) is 24.3 Å². The highest BCUT2D eigenvalue weighted by Crippen LogP contribution is 2.20.